The number of imide groups is 2. The van der Waals surface area contributed by atoms with Crippen LogP contribution in [0.25, 0.3) is 0 Å². The number of aliphatic hydroxyl groups excluding tert-OH is 1. The highest BCUT2D eigenvalue weighted by atomic mass is 16.6. The highest BCUT2D eigenvalue weighted by molar-refractivity contribution is 6.14. The lowest BCUT2D eigenvalue weighted by molar-refractivity contribution is -0.169. The molecule has 11 nitrogen and oxygen atoms in total. The van der Waals surface area contributed by atoms with Crippen LogP contribution in [-0.2, 0) is 38.1 Å². The minimum absolute atomic E-state index is 0.0226. The van der Waals surface area contributed by atoms with E-state index in [4.69, 9.17) is 24.1 Å². The molecule has 33 heavy (non-hydrogen) atoms. The number of likely N-dealkylation sites (tertiary alicyclic amines) is 1. The topological polar surface area (TPSA) is 141 Å². The van der Waals surface area contributed by atoms with Crippen molar-refractivity contribution in [3.8, 4) is 0 Å². The first-order chi connectivity index (χ1) is 15.8. The van der Waals surface area contributed by atoms with Crippen LogP contribution >= 0.6 is 0 Å². The van der Waals surface area contributed by atoms with E-state index in [-0.39, 0.29) is 45.7 Å². The molecule has 0 aromatic rings. The number of carbonyl (C=O) groups is 4. The Morgan fingerprint density at radius 1 is 1.06 bits per heavy atom. The number of carbonyl (C=O) groups excluding carboxylic acids is 4. The molecule has 0 spiro atoms. The van der Waals surface area contributed by atoms with Crippen molar-refractivity contribution in [2.24, 2.45) is 0 Å². The van der Waals surface area contributed by atoms with E-state index >= 15 is 0 Å². The van der Waals surface area contributed by atoms with Gasteiger partial charge in [-0.2, -0.15) is 0 Å². The number of ether oxygens (including phenoxy) is 4. The number of amides is 4. The molecule has 0 aromatic carbocycles. The molecule has 2 fully saturated rings. The monoisotopic (exact) mass is 468 g/mol. The summed E-state index contributed by atoms with van der Waals surface area (Å²) in [6.07, 6.45) is 2.06. The van der Waals surface area contributed by atoms with E-state index in [9.17, 15) is 19.2 Å². The second kappa shape index (κ2) is 13.3. The van der Waals surface area contributed by atoms with Gasteiger partial charge in [0.05, 0.1) is 52.9 Å². The zero-order chi connectivity index (χ0) is 24.3. The second-order valence-corrected chi connectivity index (χ2v) is 7.68. The fourth-order valence-electron chi connectivity index (χ4n) is 3.50. The molecule has 2 rings (SSSR count). The van der Waals surface area contributed by atoms with E-state index in [1.807, 2.05) is 0 Å². The third kappa shape index (κ3) is 7.27. The fraction of sp³-hybridized carbons (Fsp3) is 0.636. The maximum Gasteiger partial charge on any atom is 0.259 e. The summed E-state index contributed by atoms with van der Waals surface area (Å²) in [7, 11) is 0. The number of aliphatic hydroxyl groups is 1. The maximum atomic E-state index is 13.1. The van der Waals surface area contributed by atoms with Crippen molar-refractivity contribution in [1.29, 1.82) is 0 Å². The van der Waals surface area contributed by atoms with Crippen LogP contribution in [0.1, 0.15) is 26.2 Å². The van der Waals surface area contributed by atoms with Gasteiger partial charge in [-0.25, -0.2) is 0 Å². The second-order valence-electron chi connectivity index (χ2n) is 7.68. The highest BCUT2D eigenvalue weighted by Gasteiger charge is 2.52. The first kappa shape index (κ1) is 26.8. The lowest BCUT2D eigenvalue weighted by Gasteiger charge is -2.44. The van der Waals surface area contributed by atoms with Gasteiger partial charge in [0.2, 0.25) is 5.91 Å². The molecule has 0 bridgehead atoms. The van der Waals surface area contributed by atoms with Gasteiger partial charge in [-0.1, -0.05) is 18.7 Å². The summed E-state index contributed by atoms with van der Waals surface area (Å²) in [6, 6.07) is 0. The minimum atomic E-state index is -1.49. The van der Waals surface area contributed by atoms with Gasteiger partial charge in [-0.05, 0) is 13.3 Å². The molecular weight excluding hydrogens is 436 g/mol. The van der Waals surface area contributed by atoms with Gasteiger partial charge in [0, 0.05) is 18.4 Å². The summed E-state index contributed by atoms with van der Waals surface area (Å²) in [4.78, 5) is 51.1. The maximum absolute atomic E-state index is 13.1. The predicted molar refractivity (Wildman–Crippen MR) is 115 cm³/mol. The van der Waals surface area contributed by atoms with E-state index in [0.717, 1.165) is 4.90 Å². The largest absolute Gasteiger partial charge is 0.394 e. The molecule has 0 aromatic heterocycles. The zero-order valence-corrected chi connectivity index (χ0v) is 18.9. The molecule has 2 aliphatic heterocycles. The summed E-state index contributed by atoms with van der Waals surface area (Å²) < 4.78 is 21.5. The average Bonchev–Trinajstić information content (AvgIpc) is 2.78. The Hall–Kier alpha value is -2.44. The molecule has 2 atom stereocenters. The standard InChI is InChI=1S/C22H32N2O9/c1-3-4-16-15-17(33-14-13-32-12-11-31-10-9-30-8-7-25)20(28)24(19(16)27)22(2)6-5-18(26)23-21(22)29/h3-4,17,25H,1,5-15H2,2H3,(H,23,26,29)/b16-4+. The molecule has 0 aliphatic carbocycles. The van der Waals surface area contributed by atoms with Gasteiger partial charge in [-0.15, -0.1) is 0 Å². The molecule has 2 unspecified atom stereocenters. The van der Waals surface area contributed by atoms with Crippen LogP contribution in [0.5, 0.6) is 0 Å². The number of hydrogen-bond donors (Lipinski definition) is 2. The molecule has 184 valence electrons. The number of allylic oxidation sites excluding steroid dienone is 2. The fourth-order valence-corrected chi connectivity index (χ4v) is 3.50. The Kier molecular flexibility index (Phi) is 10.8. The lowest BCUT2D eigenvalue weighted by Crippen LogP contribution is -2.67. The molecule has 2 aliphatic rings. The SMILES string of the molecule is C=C/C=C1\CC(OCCOCCOCCOCCO)C(=O)N(C2(C)CCC(=O)NC2=O)C1=O. The Morgan fingerprint density at radius 3 is 2.24 bits per heavy atom. The predicted octanol–water partition coefficient (Wildman–Crippen LogP) is -0.520. The van der Waals surface area contributed by atoms with Crippen LogP contribution in [0.15, 0.2) is 24.3 Å². The van der Waals surface area contributed by atoms with Crippen molar-refractivity contribution in [1.82, 2.24) is 10.2 Å². The van der Waals surface area contributed by atoms with Crippen LogP contribution in [0.4, 0.5) is 0 Å². The summed E-state index contributed by atoms with van der Waals surface area (Å²) >= 11 is 0. The molecule has 2 N–H and O–H groups in total. The van der Waals surface area contributed by atoms with Crippen LogP contribution < -0.4 is 5.32 Å². The zero-order valence-electron chi connectivity index (χ0n) is 18.9. The van der Waals surface area contributed by atoms with Gasteiger partial charge in [0.1, 0.15) is 11.6 Å². The average molecular weight is 469 g/mol. The first-order valence-electron chi connectivity index (χ1n) is 10.8. The Bertz CT molecular complexity index is 767. The Balaban J connectivity index is 1.87. The van der Waals surface area contributed by atoms with Gasteiger partial charge >= 0.3 is 0 Å². The third-order valence-electron chi connectivity index (χ3n) is 5.30. The summed E-state index contributed by atoms with van der Waals surface area (Å²) in [6.45, 7) is 7.05. The quantitative estimate of drug-likeness (QED) is 0.196. The molecular formula is C22H32N2O9. The highest BCUT2D eigenvalue weighted by Crippen LogP contribution is 2.32. The van der Waals surface area contributed by atoms with Crippen molar-refractivity contribution in [3.05, 3.63) is 24.3 Å². The number of nitrogens with zero attached hydrogens (tertiary/aromatic N) is 1. The first-order valence-corrected chi connectivity index (χ1v) is 10.8. The van der Waals surface area contributed by atoms with Crippen molar-refractivity contribution < 1.29 is 43.2 Å². The smallest absolute Gasteiger partial charge is 0.259 e. The van der Waals surface area contributed by atoms with E-state index < -0.39 is 35.3 Å². The normalized spacial score (nSPS) is 25.0. The van der Waals surface area contributed by atoms with Crippen LogP contribution in [-0.4, -0.2) is 98.1 Å². The summed E-state index contributed by atoms with van der Waals surface area (Å²) in [5, 5.41) is 10.8. The number of hydrogen-bond acceptors (Lipinski definition) is 9. The number of nitrogens with one attached hydrogen (secondary N) is 1. The molecule has 11 heteroatoms. The number of rotatable bonds is 14. The number of piperidine rings is 2. The van der Waals surface area contributed by atoms with Gasteiger partial charge in [0.15, 0.2) is 0 Å². The molecule has 4 amide bonds. The molecule has 2 saturated heterocycles. The van der Waals surface area contributed by atoms with E-state index in [1.165, 1.54) is 19.1 Å². The Labute approximate surface area is 192 Å². The van der Waals surface area contributed by atoms with Crippen LogP contribution in [0, 0.1) is 0 Å². The van der Waals surface area contributed by atoms with Gasteiger partial charge in [-0.3, -0.25) is 29.4 Å². The van der Waals surface area contributed by atoms with Crippen LogP contribution in [0.3, 0.4) is 0 Å². The summed E-state index contributed by atoms with van der Waals surface area (Å²) in [5.74, 6) is -2.35. The lowest BCUT2D eigenvalue weighted by atomic mass is 9.85. The van der Waals surface area contributed by atoms with Gasteiger partial charge in [0.25, 0.3) is 17.7 Å². The van der Waals surface area contributed by atoms with E-state index in [2.05, 4.69) is 11.9 Å². The summed E-state index contributed by atoms with van der Waals surface area (Å²) in [5.41, 5.74) is -1.20. The third-order valence-corrected chi connectivity index (χ3v) is 5.30. The molecule has 0 radical (unpaired) electrons. The minimum Gasteiger partial charge on any atom is -0.394 e. The van der Waals surface area contributed by atoms with Crippen molar-refractivity contribution in [3.63, 3.8) is 0 Å². The van der Waals surface area contributed by atoms with Gasteiger partial charge < -0.3 is 24.1 Å². The van der Waals surface area contributed by atoms with Crippen molar-refractivity contribution in [2.75, 3.05) is 52.9 Å². The Morgan fingerprint density at radius 2 is 1.67 bits per heavy atom. The molecule has 0 saturated carbocycles. The van der Waals surface area contributed by atoms with E-state index in [1.54, 1.807) is 0 Å². The van der Waals surface area contributed by atoms with Crippen molar-refractivity contribution in [2.45, 2.75) is 37.8 Å². The van der Waals surface area contributed by atoms with Crippen molar-refractivity contribution >= 4 is 23.6 Å². The van der Waals surface area contributed by atoms with E-state index in [0.29, 0.717) is 32.0 Å². The molecule has 2 heterocycles. The van der Waals surface area contributed by atoms with Crippen LogP contribution in [0.2, 0.25) is 0 Å².